The first-order valence-electron chi connectivity index (χ1n) is 8.84. The average molecular weight is 382 g/mol. The van der Waals surface area contributed by atoms with Crippen molar-refractivity contribution in [2.24, 2.45) is 4.99 Å². The number of benzene rings is 2. The number of nitrogens with zero attached hydrogens (tertiary/aromatic N) is 2. The van der Waals surface area contributed by atoms with Crippen LogP contribution >= 0.6 is 11.3 Å². The molecule has 1 aliphatic carbocycles. The molecule has 1 fully saturated rings. The molecule has 0 aliphatic heterocycles. The molecule has 1 saturated carbocycles. The molecule has 3 aromatic rings. The van der Waals surface area contributed by atoms with E-state index in [4.69, 9.17) is 19.2 Å². The third kappa shape index (κ3) is 3.57. The van der Waals surface area contributed by atoms with E-state index >= 15 is 0 Å². The summed E-state index contributed by atoms with van der Waals surface area (Å²) in [6.45, 7) is 0. The maximum absolute atomic E-state index is 5.60. The number of rotatable bonds is 6. The molecule has 0 unspecified atom stereocenters. The topological polar surface area (TPSA) is 45.0 Å². The van der Waals surface area contributed by atoms with Gasteiger partial charge >= 0.3 is 0 Å². The van der Waals surface area contributed by atoms with E-state index in [0.29, 0.717) is 6.04 Å². The zero-order chi connectivity index (χ0) is 18.8. The third-order valence-electron chi connectivity index (χ3n) is 4.63. The van der Waals surface area contributed by atoms with Crippen molar-refractivity contribution in [3.8, 4) is 28.5 Å². The van der Waals surface area contributed by atoms with E-state index in [1.54, 1.807) is 32.7 Å². The summed E-state index contributed by atoms with van der Waals surface area (Å²) in [7, 11) is 5.04. The Morgan fingerprint density at radius 3 is 2.26 bits per heavy atom. The van der Waals surface area contributed by atoms with Gasteiger partial charge in [-0.25, -0.2) is 4.99 Å². The minimum Gasteiger partial charge on any atom is -0.497 e. The molecule has 27 heavy (non-hydrogen) atoms. The molecule has 2 aromatic carbocycles. The van der Waals surface area contributed by atoms with Gasteiger partial charge in [-0.3, -0.25) is 0 Å². The van der Waals surface area contributed by atoms with Gasteiger partial charge < -0.3 is 18.8 Å². The Morgan fingerprint density at radius 1 is 0.926 bits per heavy atom. The van der Waals surface area contributed by atoms with E-state index in [0.717, 1.165) is 39.0 Å². The van der Waals surface area contributed by atoms with Crippen molar-refractivity contribution >= 4 is 17.0 Å². The Bertz CT molecular complexity index is 1000. The van der Waals surface area contributed by atoms with Crippen LogP contribution in [0.5, 0.6) is 17.2 Å². The van der Waals surface area contributed by atoms with Crippen LogP contribution in [0.3, 0.4) is 0 Å². The van der Waals surface area contributed by atoms with Crippen molar-refractivity contribution in [1.82, 2.24) is 4.57 Å². The van der Waals surface area contributed by atoms with E-state index in [-0.39, 0.29) is 0 Å². The second kappa shape index (κ2) is 7.48. The number of hydrogen-bond donors (Lipinski definition) is 0. The Morgan fingerprint density at radius 2 is 1.63 bits per heavy atom. The quantitative estimate of drug-likeness (QED) is 0.615. The van der Waals surface area contributed by atoms with Crippen molar-refractivity contribution in [2.75, 3.05) is 21.3 Å². The van der Waals surface area contributed by atoms with Gasteiger partial charge in [0.25, 0.3) is 0 Å². The van der Waals surface area contributed by atoms with Crippen molar-refractivity contribution in [1.29, 1.82) is 0 Å². The van der Waals surface area contributed by atoms with Crippen LogP contribution < -0.4 is 19.0 Å². The first-order valence-corrected chi connectivity index (χ1v) is 9.72. The Kier molecular flexibility index (Phi) is 4.90. The normalized spacial score (nSPS) is 14.3. The van der Waals surface area contributed by atoms with Gasteiger partial charge in [0.1, 0.15) is 17.2 Å². The third-order valence-corrected chi connectivity index (χ3v) is 5.47. The highest BCUT2D eigenvalue weighted by Gasteiger charge is 2.28. The molecule has 6 heteroatoms. The van der Waals surface area contributed by atoms with E-state index in [1.165, 1.54) is 12.8 Å². The number of aromatic nitrogens is 1. The number of hydrogen-bond acceptors (Lipinski definition) is 5. The van der Waals surface area contributed by atoms with Crippen molar-refractivity contribution in [2.45, 2.75) is 18.9 Å². The Hall–Kier alpha value is -2.73. The summed E-state index contributed by atoms with van der Waals surface area (Å²) < 4.78 is 18.6. The summed E-state index contributed by atoms with van der Waals surface area (Å²) in [5.41, 5.74) is 3.05. The summed E-state index contributed by atoms with van der Waals surface area (Å²) in [6, 6.07) is 14.2. The highest BCUT2D eigenvalue weighted by Crippen LogP contribution is 2.41. The summed E-state index contributed by atoms with van der Waals surface area (Å²) in [4.78, 5) is 5.86. The monoisotopic (exact) mass is 382 g/mol. The van der Waals surface area contributed by atoms with Gasteiger partial charge in [-0.05, 0) is 55.3 Å². The van der Waals surface area contributed by atoms with Crippen LogP contribution in [0.15, 0.2) is 52.8 Å². The van der Waals surface area contributed by atoms with E-state index < -0.39 is 0 Å². The van der Waals surface area contributed by atoms with Crippen LogP contribution in [-0.4, -0.2) is 25.9 Å². The molecule has 1 heterocycles. The van der Waals surface area contributed by atoms with E-state index in [1.807, 2.05) is 42.5 Å². The standard InChI is InChI=1S/C21H22N2O3S/c1-24-16-8-4-14(5-9-16)22-21-23(15-6-7-15)19(13-27-21)18-12-17(25-2)10-11-20(18)26-3/h4-5,8-13,15H,6-7H2,1-3H3. The lowest BCUT2D eigenvalue weighted by Gasteiger charge is -2.13. The van der Waals surface area contributed by atoms with Gasteiger partial charge in [0.15, 0.2) is 4.80 Å². The lowest BCUT2D eigenvalue weighted by Crippen LogP contribution is -2.14. The summed E-state index contributed by atoms with van der Waals surface area (Å²) >= 11 is 1.65. The zero-order valence-corrected chi connectivity index (χ0v) is 16.5. The van der Waals surface area contributed by atoms with Gasteiger partial charge in [-0.2, -0.15) is 0 Å². The Balaban J connectivity index is 1.83. The molecule has 140 valence electrons. The molecule has 0 atom stereocenters. The predicted molar refractivity (Wildman–Crippen MR) is 107 cm³/mol. The van der Waals surface area contributed by atoms with Crippen LogP contribution in [0, 0.1) is 0 Å². The first kappa shape index (κ1) is 17.7. The number of methoxy groups -OCH3 is 3. The van der Waals surface area contributed by atoms with Crippen molar-refractivity contribution in [3.63, 3.8) is 0 Å². The molecular formula is C21H22N2O3S. The van der Waals surface area contributed by atoms with Gasteiger partial charge in [-0.15, -0.1) is 11.3 Å². The van der Waals surface area contributed by atoms with Gasteiger partial charge in [0, 0.05) is 17.0 Å². The predicted octanol–water partition coefficient (Wildman–Crippen LogP) is 4.81. The van der Waals surface area contributed by atoms with Crippen LogP contribution in [0.2, 0.25) is 0 Å². The maximum Gasteiger partial charge on any atom is 0.190 e. The van der Waals surface area contributed by atoms with Crippen LogP contribution in [-0.2, 0) is 0 Å². The molecule has 0 spiro atoms. The van der Waals surface area contributed by atoms with Crippen molar-refractivity contribution < 1.29 is 14.2 Å². The summed E-state index contributed by atoms with van der Waals surface area (Å²) in [5.74, 6) is 2.48. The molecule has 0 N–H and O–H groups in total. The second-order valence-electron chi connectivity index (χ2n) is 6.38. The molecule has 0 bridgehead atoms. The largest absolute Gasteiger partial charge is 0.497 e. The first-order chi connectivity index (χ1) is 13.2. The molecule has 1 aliphatic rings. The maximum atomic E-state index is 5.60. The van der Waals surface area contributed by atoms with Gasteiger partial charge in [0.2, 0.25) is 0 Å². The fourth-order valence-corrected chi connectivity index (χ4v) is 4.04. The number of ether oxygens (including phenoxy) is 3. The fourth-order valence-electron chi connectivity index (χ4n) is 3.07. The van der Waals surface area contributed by atoms with Crippen LogP contribution in [0.4, 0.5) is 5.69 Å². The fraction of sp³-hybridized carbons (Fsp3) is 0.286. The van der Waals surface area contributed by atoms with E-state index in [9.17, 15) is 0 Å². The Labute approximate surface area is 162 Å². The minimum absolute atomic E-state index is 0.485. The van der Waals surface area contributed by atoms with Gasteiger partial charge in [0.05, 0.1) is 32.7 Å². The lowest BCUT2D eigenvalue weighted by molar-refractivity contribution is 0.404. The molecule has 1 aromatic heterocycles. The SMILES string of the molecule is COc1ccc(N=c2scc(-c3cc(OC)ccc3OC)n2C2CC2)cc1. The average Bonchev–Trinajstić information content (AvgIpc) is 3.48. The smallest absolute Gasteiger partial charge is 0.190 e. The second-order valence-corrected chi connectivity index (χ2v) is 7.22. The minimum atomic E-state index is 0.485. The number of thiazole rings is 1. The highest BCUT2D eigenvalue weighted by atomic mass is 32.1. The molecule has 0 saturated heterocycles. The molecule has 4 rings (SSSR count). The van der Waals surface area contributed by atoms with E-state index in [2.05, 4.69) is 9.95 Å². The molecule has 5 nitrogen and oxygen atoms in total. The highest BCUT2D eigenvalue weighted by molar-refractivity contribution is 7.07. The lowest BCUT2D eigenvalue weighted by atomic mass is 10.1. The zero-order valence-electron chi connectivity index (χ0n) is 15.6. The molecule has 0 radical (unpaired) electrons. The summed E-state index contributed by atoms with van der Waals surface area (Å²) in [6.07, 6.45) is 2.34. The van der Waals surface area contributed by atoms with Crippen LogP contribution in [0.1, 0.15) is 18.9 Å². The summed E-state index contributed by atoms with van der Waals surface area (Å²) in [5, 5.41) is 2.15. The van der Waals surface area contributed by atoms with Gasteiger partial charge in [-0.1, -0.05) is 0 Å². The van der Waals surface area contributed by atoms with Crippen LogP contribution in [0.25, 0.3) is 11.3 Å². The molecular weight excluding hydrogens is 360 g/mol. The molecule has 0 amide bonds. The van der Waals surface area contributed by atoms with Crippen molar-refractivity contribution in [3.05, 3.63) is 52.6 Å².